The highest BCUT2D eigenvalue weighted by Gasteiger charge is 2.35. The van der Waals surface area contributed by atoms with Crippen LogP contribution in [0.4, 0.5) is 0 Å². The van der Waals surface area contributed by atoms with Crippen LogP contribution < -0.4 is 4.72 Å². The van der Waals surface area contributed by atoms with Gasteiger partial charge in [-0.05, 0) is 29.6 Å². The van der Waals surface area contributed by atoms with Gasteiger partial charge in [-0.1, -0.05) is 12.1 Å². The molecule has 1 atom stereocenters. The lowest BCUT2D eigenvalue weighted by Gasteiger charge is -2.26. The molecule has 0 saturated carbocycles. The maximum Gasteiger partial charge on any atom is 0.242 e. The molecule has 4 rings (SSSR count). The maximum atomic E-state index is 12.8. The Bertz CT molecular complexity index is 1080. The summed E-state index contributed by atoms with van der Waals surface area (Å²) in [4.78, 5) is 0.639. The lowest BCUT2D eigenvalue weighted by molar-refractivity contribution is 0.0892. The molecule has 0 fully saturated rings. The lowest BCUT2D eigenvalue weighted by atomic mass is 9.95. The Labute approximate surface area is 157 Å². The van der Waals surface area contributed by atoms with E-state index in [9.17, 15) is 13.5 Å². The Morgan fingerprint density at radius 1 is 1.19 bits per heavy atom. The number of aliphatic hydroxyl groups is 1. The van der Waals surface area contributed by atoms with E-state index in [0.717, 1.165) is 11.7 Å². The third-order valence-electron chi connectivity index (χ3n) is 3.98. The number of furan rings is 1. The molecule has 3 heterocycles. The predicted octanol–water partition coefficient (Wildman–Crippen LogP) is 2.56. The van der Waals surface area contributed by atoms with E-state index >= 15 is 0 Å². The zero-order valence-electron chi connectivity index (χ0n) is 13.2. The molecular weight excluding hydrogens is 394 g/mol. The number of nitrogens with one attached hydrogen (secondary N) is 1. The lowest BCUT2D eigenvalue weighted by Crippen LogP contribution is -2.41. The standard InChI is InChI=1S/C16H13N3O4S3/c20-16(11-6-7-23-9-11,14-5-2-8-24-14)10-17-26(21,22)13-4-1-3-12-15(13)19-25-18-12/h1-9,17,20H,10H2/t16-/m1/s1. The molecule has 10 heteroatoms. The number of hydrogen-bond acceptors (Lipinski definition) is 8. The summed E-state index contributed by atoms with van der Waals surface area (Å²) in [5.41, 5.74) is -0.243. The summed E-state index contributed by atoms with van der Waals surface area (Å²) in [6, 6.07) is 9.93. The third kappa shape index (κ3) is 2.95. The number of aromatic nitrogens is 2. The van der Waals surface area contributed by atoms with Gasteiger partial charge in [0.15, 0.2) is 0 Å². The molecule has 134 valence electrons. The van der Waals surface area contributed by atoms with Gasteiger partial charge in [0, 0.05) is 17.0 Å². The van der Waals surface area contributed by atoms with Gasteiger partial charge in [0.05, 0.1) is 24.3 Å². The van der Waals surface area contributed by atoms with E-state index in [1.54, 1.807) is 30.3 Å². The molecule has 3 aromatic heterocycles. The van der Waals surface area contributed by atoms with Gasteiger partial charge in [-0.2, -0.15) is 8.75 Å². The van der Waals surface area contributed by atoms with E-state index < -0.39 is 15.6 Å². The molecule has 0 bridgehead atoms. The van der Waals surface area contributed by atoms with Crippen LogP contribution in [0.25, 0.3) is 11.0 Å². The zero-order chi connectivity index (χ0) is 18.2. The smallest absolute Gasteiger partial charge is 0.242 e. The SMILES string of the molecule is O=S(=O)(NC[C@@](O)(c1ccoc1)c1cccs1)c1cccc2nsnc12. The average molecular weight is 407 g/mol. The van der Waals surface area contributed by atoms with Crippen LogP contribution in [0.5, 0.6) is 0 Å². The molecule has 26 heavy (non-hydrogen) atoms. The van der Waals surface area contributed by atoms with Crippen LogP contribution in [0.3, 0.4) is 0 Å². The van der Waals surface area contributed by atoms with E-state index in [1.807, 2.05) is 5.38 Å². The third-order valence-corrected chi connectivity index (χ3v) is 6.98. The van der Waals surface area contributed by atoms with Crippen molar-refractivity contribution < 1.29 is 17.9 Å². The van der Waals surface area contributed by atoms with Crippen LogP contribution >= 0.6 is 23.1 Å². The number of benzene rings is 1. The predicted molar refractivity (Wildman–Crippen MR) is 98.6 cm³/mol. The second kappa shape index (κ2) is 6.56. The van der Waals surface area contributed by atoms with Gasteiger partial charge in [0.1, 0.15) is 21.5 Å². The summed E-state index contributed by atoms with van der Waals surface area (Å²) in [6.07, 6.45) is 2.84. The van der Waals surface area contributed by atoms with Crippen molar-refractivity contribution in [3.8, 4) is 0 Å². The average Bonchev–Trinajstić information content (AvgIpc) is 3.41. The highest BCUT2D eigenvalue weighted by atomic mass is 32.2. The largest absolute Gasteiger partial charge is 0.472 e. The van der Waals surface area contributed by atoms with Crippen molar-refractivity contribution in [2.45, 2.75) is 10.5 Å². The van der Waals surface area contributed by atoms with Crippen molar-refractivity contribution in [2.75, 3.05) is 6.54 Å². The summed E-state index contributed by atoms with van der Waals surface area (Å²) in [5.74, 6) is 0. The molecule has 0 aliphatic carbocycles. The fourth-order valence-electron chi connectivity index (χ4n) is 2.62. The second-order valence-corrected chi connectivity index (χ2v) is 8.77. The topological polar surface area (TPSA) is 105 Å². The number of hydrogen-bond donors (Lipinski definition) is 2. The Morgan fingerprint density at radius 2 is 2.08 bits per heavy atom. The molecule has 0 aliphatic heterocycles. The molecular formula is C16H13N3O4S3. The van der Waals surface area contributed by atoms with Crippen LogP contribution in [0.1, 0.15) is 10.4 Å². The van der Waals surface area contributed by atoms with E-state index in [1.165, 1.54) is 29.9 Å². The summed E-state index contributed by atoms with van der Waals surface area (Å²) in [5, 5.41) is 13.0. The van der Waals surface area contributed by atoms with Crippen molar-refractivity contribution in [1.29, 1.82) is 0 Å². The molecule has 0 radical (unpaired) electrons. The van der Waals surface area contributed by atoms with Crippen LogP contribution in [-0.2, 0) is 15.6 Å². The minimum absolute atomic E-state index is 0.0319. The van der Waals surface area contributed by atoms with Crippen molar-refractivity contribution in [3.05, 3.63) is 64.7 Å². The van der Waals surface area contributed by atoms with Crippen molar-refractivity contribution >= 4 is 44.1 Å². The number of thiophene rings is 1. The highest BCUT2D eigenvalue weighted by molar-refractivity contribution is 7.89. The first-order valence-corrected chi connectivity index (χ1v) is 10.6. The second-order valence-electron chi connectivity index (χ2n) is 5.56. The van der Waals surface area contributed by atoms with Gasteiger partial charge < -0.3 is 9.52 Å². The highest BCUT2D eigenvalue weighted by Crippen LogP contribution is 2.33. The van der Waals surface area contributed by atoms with Crippen molar-refractivity contribution in [3.63, 3.8) is 0 Å². The van der Waals surface area contributed by atoms with Gasteiger partial charge >= 0.3 is 0 Å². The Morgan fingerprint density at radius 3 is 2.81 bits per heavy atom. The van der Waals surface area contributed by atoms with Gasteiger partial charge in [0.25, 0.3) is 0 Å². The summed E-state index contributed by atoms with van der Waals surface area (Å²) in [6.45, 7) is -0.247. The molecule has 0 amide bonds. The molecule has 0 aliphatic rings. The van der Waals surface area contributed by atoms with E-state index in [0.29, 0.717) is 21.5 Å². The normalized spacial score (nSPS) is 14.5. The van der Waals surface area contributed by atoms with Crippen LogP contribution in [0.2, 0.25) is 0 Å². The monoisotopic (exact) mass is 407 g/mol. The Kier molecular flexibility index (Phi) is 4.37. The summed E-state index contributed by atoms with van der Waals surface area (Å²) < 4.78 is 41.3. The molecule has 0 saturated heterocycles. The molecule has 1 aromatic carbocycles. The number of sulfonamides is 1. The quantitative estimate of drug-likeness (QED) is 0.509. The van der Waals surface area contributed by atoms with Gasteiger partial charge in [-0.15, -0.1) is 11.3 Å². The first-order chi connectivity index (χ1) is 12.5. The number of rotatable bonds is 6. The molecule has 2 N–H and O–H groups in total. The molecule has 4 aromatic rings. The minimum atomic E-state index is -3.90. The maximum absolute atomic E-state index is 12.8. The first kappa shape index (κ1) is 17.3. The van der Waals surface area contributed by atoms with Crippen LogP contribution in [0, 0.1) is 0 Å². The molecule has 7 nitrogen and oxygen atoms in total. The number of nitrogens with zero attached hydrogens (tertiary/aromatic N) is 2. The molecule has 0 spiro atoms. The van der Waals surface area contributed by atoms with Gasteiger partial charge in [-0.3, -0.25) is 0 Å². The van der Waals surface area contributed by atoms with Gasteiger partial charge in [0.2, 0.25) is 10.0 Å². The van der Waals surface area contributed by atoms with Crippen LogP contribution in [-0.4, -0.2) is 28.8 Å². The van der Waals surface area contributed by atoms with Crippen LogP contribution in [0.15, 0.2) is 63.6 Å². The zero-order valence-corrected chi connectivity index (χ0v) is 15.6. The summed E-state index contributed by atoms with van der Waals surface area (Å²) >= 11 is 2.28. The molecule has 0 unspecified atom stereocenters. The number of fused-ring (bicyclic) bond motifs is 1. The summed E-state index contributed by atoms with van der Waals surface area (Å²) in [7, 11) is -3.90. The van der Waals surface area contributed by atoms with E-state index in [-0.39, 0.29) is 11.4 Å². The van der Waals surface area contributed by atoms with Crippen molar-refractivity contribution in [2.24, 2.45) is 0 Å². The minimum Gasteiger partial charge on any atom is -0.472 e. The first-order valence-electron chi connectivity index (χ1n) is 7.51. The fourth-order valence-corrected chi connectivity index (χ4v) is 5.29. The van der Waals surface area contributed by atoms with E-state index in [2.05, 4.69) is 13.5 Å². The van der Waals surface area contributed by atoms with Gasteiger partial charge in [-0.25, -0.2) is 13.1 Å². The van der Waals surface area contributed by atoms with Crippen molar-refractivity contribution in [1.82, 2.24) is 13.5 Å². The fraction of sp³-hybridized carbons (Fsp3) is 0.125. The Balaban J connectivity index is 1.69. The Hall–Kier alpha value is -2.11. The van der Waals surface area contributed by atoms with E-state index in [4.69, 9.17) is 4.42 Å².